The van der Waals surface area contributed by atoms with E-state index < -0.39 is 5.41 Å². The summed E-state index contributed by atoms with van der Waals surface area (Å²) in [6, 6.07) is 7.51. The summed E-state index contributed by atoms with van der Waals surface area (Å²) in [6.07, 6.45) is 0. The number of nitrogens with one attached hydrogen (secondary N) is 1. The van der Waals surface area contributed by atoms with Gasteiger partial charge in [0, 0.05) is 11.6 Å². The quantitative estimate of drug-likeness (QED) is 0.475. The third-order valence-corrected chi connectivity index (χ3v) is 2.95. The lowest BCUT2D eigenvalue weighted by atomic mass is 9.95. The number of hydrogen-bond acceptors (Lipinski definition) is 4. The third kappa shape index (κ3) is 6.09. The summed E-state index contributed by atoms with van der Waals surface area (Å²) >= 11 is 6.02. The van der Waals surface area contributed by atoms with Crippen molar-refractivity contribution < 1.29 is 14.4 Å². The van der Waals surface area contributed by atoms with E-state index in [1.165, 1.54) is 0 Å². The van der Waals surface area contributed by atoms with Crippen molar-refractivity contribution in [1.82, 2.24) is 5.48 Å². The zero-order valence-electron chi connectivity index (χ0n) is 11.9. The van der Waals surface area contributed by atoms with E-state index in [2.05, 4.69) is 5.48 Å². The lowest BCUT2D eigenvalue weighted by Gasteiger charge is -2.21. The van der Waals surface area contributed by atoms with Gasteiger partial charge in [-0.05, 0) is 32.4 Å². The third-order valence-electron chi connectivity index (χ3n) is 2.58. The van der Waals surface area contributed by atoms with Crippen molar-refractivity contribution in [2.75, 3.05) is 13.2 Å². The molecule has 1 rings (SSSR count). The summed E-state index contributed by atoms with van der Waals surface area (Å²) in [5.41, 5.74) is 3.07. The van der Waals surface area contributed by atoms with Crippen molar-refractivity contribution in [3.63, 3.8) is 0 Å². The fourth-order valence-electron chi connectivity index (χ4n) is 1.39. The van der Waals surface area contributed by atoms with Crippen LogP contribution in [0.25, 0.3) is 0 Å². The van der Waals surface area contributed by atoms with Crippen LogP contribution in [0, 0.1) is 5.41 Å². The summed E-state index contributed by atoms with van der Waals surface area (Å²) in [7, 11) is 0. The minimum atomic E-state index is -0.677. The van der Waals surface area contributed by atoms with Crippen LogP contribution >= 0.6 is 24.0 Å². The fraction of sp³-hybridized carbons (Fsp3) is 0.500. The molecule has 0 saturated heterocycles. The second kappa shape index (κ2) is 9.19. The first-order valence-electron chi connectivity index (χ1n) is 6.22. The van der Waals surface area contributed by atoms with Gasteiger partial charge < -0.3 is 9.57 Å². The second-order valence-electron chi connectivity index (χ2n) is 4.81. The SMILES string of the molecule is CCOC(=O)C(C)(C)CONCc1ccccc1Cl.Cl. The molecule has 0 atom stereocenters. The van der Waals surface area contributed by atoms with Crippen molar-refractivity contribution in [2.24, 2.45) is 5.41 Å². The average molecular weight is 322 g/mol. The zero-order chi connectivity index (χ0) is 14.3. The maximum atomic E-state index is 11.6. The summed E-state index contributed by atoms with van der Waals surface area (Å²) in [6.45, 7) is 6.43. The molecule has 0 saturated carbocycles. The number of halogens is 2. The van der Waals surface area contributed by atoms with Crippen LogP contribution in [0.4, 0.5) is 0 Å². The molecule has 0 aliphatic carbocycles. The van der Waals surface area contributed by atoms with Gasteiger partial charge >= 0.3 is 5.97 Å². The molecule has 0 amide bonds. The Morgan fingerprint density at radius 2 is 2.00 bits per heavy atom. The van der Waals surface area contributed by atoms with Gasteiger partial charge in [-0.15, -0.1) is 12.4 Å². The van der Waals surface area contributed by atoms with Crippen LogP contribution in [0.15, 0.2) is 24.3 Å². The molecule has 0 heterocycles. The maximum Gasteiger partial charge on any atom is 0.313 e. The minimum absolute atomic E-state index is 0. The molecular formula is C14H21Cl2NO3. The van der Waals surface area contributed by atoms with Crippen LogP contribution in [-0.4, -0.2) is 19.2 Å². The fourth-order valence-corrected chi connectivity index (χ4v) is 1.59. The second-order valence-corrected chi connectivity index (χ2v) is 5.21. The standard InChI is InChI=1S/C14H20ClNO3.ClH/c1-4-18-13(17)14(2,3)10-19-16-9-11-7-5-6-8-12(11)15;/h5-8,16H,4,9-10H2,1-3H3;1H. The Morgan fingerprint density at radius 1 is 1.35 bits per heavy atom. The highest BCUT2D eigenvalue weighted by molar-refractivity contribution is 6.31. The largest absolute Gasteiger partial charge is 0.466 e. The lowest BCUT2D eigenvalue weighted by Crippen LogP contribution is -2.34. The highest BCUT2D eigenvalue weighted by atomic mass is 35.5. The van der Waals surface area contributed by atoms with Crippen molar-refractivity contribution in [3.05, 3.63) is 34.9 Å². The van der Waals surface area contributed by atoms with Crippen LogP contribution < -0.4 is 5.48 Å². The monoisotopic (exact) mass is 321 g/mol. The van der Waals surface area contributed by atoms with Crippen molar-refractivity contribution in [2.45, 2.75) is 27.3 Å². The number of hydroxylamine groups is 1. The number of esters is 1. The molecule has 6 heteroatoms. The molecule has 0 bridgehead atoms. The van der Waals surface area contributed by atoms with E-state index in [9.17, 15) is 4.79 Å². The molecule has 114 valence electrons. The summed E-state index contributed by atoms with van der Waals surface area (Å²) < 4.78 is 4.97. The Kier molecular flexibility index (Phi) is 8.81. The molecule has 0 aliphatic rings. The van der Waals surface area contributed by atoms with Gasteiger partial charge in [-0.3, -0.25) is 4.79 Å². The van der Waals surface area contributed by atoms with E-state index in [-0.39, 0.29) is 25.0 Å². The van der Waals surface area contributed by atoms with Gasteiger partial charge in [0.15, 0.2) is 0 Å². The molecule has 0 fully saturated rings. The Bertz CT molecular complexity index is 425. The molecule has 0 aliphatic heterocycles. The topological polar surface area (TPSA) is 47.6 Å². The summed E-state index contributed by atoms with van der Waals surface area (Å²) in [4.78, 5) is 16.9. The van der Waals surface area contributed by atoms with Gasteiger partial charge in [0.25, 0.3) is 0 Å². The molecule has 1 aromatic carbocycles. The molecule has 1 N–H and O–H groups in total. The smallest absolute Gasteiger partial charge is 0.313 e. The Labute approximate surface area is 131 Å². The molecule has 20 heavy (non-hydrogen) atoms. The van der Waals surface area contributed by atoms with Crippen LogP contribution in [-0.2, 0) is 20.9 Å². The molecule has 0 aromatic heterocycles. The maximum absolute atomic E-state index is 11.6. The van der Waals surface area contributed by atoms with Gasteiger partial charge in [-0.2, -0.15) is 5.48 Å². The number of carbonyl (C=O) groups is 1. The van der Waals surface area contributed by atoms with Gasteiger partial charge in [-0.25, -0.2) is 0 Å². The Hall–Kier alpha value is -0.810. The molecule has 1 aromatic rings. The van der Waals surface area contributed by atoms with E-state index in [0.717, 1.165) is 5.56 Å². The molecule has 0 spiro atoms. The average Bonchev–Trinajstić information content (AvgIpc) is 2.37. The Morgan fingerprint density at radius 3 is 2.60 bits per heavy atom. The normalized spacial score (nSPS) is 10.8. The van der Waals surface area contributed by atoms with Crippen molar-refractivity contribution in [1.29, 1.82) is 0 Å². The van der Waals surface area contributed by atoms with Crippen molar-refractivity contribution in [3.8, 4) is 0 Å². The van der Waals surface area contributed by atoms with Gasteiger partial charge in [0.05, 0.1) is 18.6 Å². The van der Waals surface area contributed by atoms with E-state index in [1.54, 1.807) is 20.8 Å². The van der Waals surface area contributed by atoms with Crippen LogP contribution in [0.1, 0.15) is 26.3 Å². The number of carbonyl (C=O) groups excluding carboxylic acids is 1. The predicted molar refractivity (Wildman–Crippen MR) is 81.9 cm³/mol. The summed E-state index contributed by atoms with van der Waals surface area (Å²) in [5, 5.41) is 0.684. The van der Waals surface area contributed by atoms with Crippen LogP contribution in [0.2, 0.25) is 5.02 Å². The number of rotatable bonds is 7. The number of ether oxygens (including phenoxy) is 1. The van der Waals surface area contributed by atoms with E-state index in [1.807, 2.05) is 24.3 Å². The first kappa shape index (κ1) is 19.2. The number of benzene rings is 1. The van der Waals surface area contributed by atoms with Gasteiger partial charge in [0.2, 0.25) is 0 Å². The van der Waals surface area contributed by atoms with Crippen LogP contribution in [0.5, 0.6) is 0 Å². The molecular weight excluding hydrogens is 301 g/mol. The van der Waals surface area contributed by atoms with Gasteiger partial charge in [0.1, 0.15) is 0 Å². The number of hydrogen-bond donors (Lipinski definition) is 1. The van der Waals surface area contributed by atoms with Crippen molar-refractivity contribution >= 4 is 30.0 Å². The highest BCUT2D eigenvalue weighted by Gasteiger charge is 2.29. The summed E-state index contributed by atoms with van der Waals surface area (Å²) in [5.74, 6) is -0.269. The van der Waals surface area contributed by atoms with E-state index in [0.29, 0.717) is 18.2 Å². The van der Waals surface area contributed by atoms with Crippen LogP contribution in [0.3, 0.4) is 0 Å². The zero-order valence-corrected chi connectivity index (χ0v) is 13.5. The van der Waals surface area contributed by atoms with Gasteiger partial charge in [-0.1, -0.05) is 29.8 Å². The van der Waals surface area contributed by atoms with E-state index in [4.69, 9.17) is 21.2 Å². The van der Waals surface area contributed by atoms with E-state index >= 15 is 0 Å². The Balaban J connectivity index is 0.00000361. The highest BCUT2D eigenvalue weighted by Crippen LogP contribution is 2.18. The molecule has 0 radical (unpaired) electrons. The first-order chi connectivity index (χ1) is 8.97. The molecule has 4 nitrogen and oxygen atoms in total. The first-order valence-corrected chi connectivity index (χ1v) is 6.60. The lowest BCUT2D eigenvalue weighted by molar-refractivity contribution is -0.158. The molecule has 0 unspecified atom stereocenters. The predicted octanol–water partition coefficient (Wildman–Crippen LogP) is 3.37. The minimum Gasteiger partial charge on any atom is -0.466 e.